The van der Waals surface area contributed by atoms with Gasteiger partial charge < -0.3 is 9.64 Å². The summed E-state index contributed by atoms with van der Waals surface area (Å²) in [4.78, 5) is 14.1. The first kappa shape index (κ1) is 16.8. The molecule has 3 aromatic rings. The van der Waals surface area contributed by atoms with Gasteiger partial charge in [0.05, 0.1) is 12.2 Å². The van der Waals surface area contributed by atoms with Crippen LogP contribution in [0, 0.1) is 6.92 Å². The number of carbonyl (C=O) groups excluding carboxylic acids is 1. The summed E-state index contributed by atoms with van der Waals surface area (Å²) >= 11 is 0. The first-order valence-corrected chi connectivity index (χ1v) is 7.99. The zero-order chi connectivity index (χ0) is 17.8. The number of aromatic nitrogens is 4. The molecule has 0 bridgehead atoms. The van der Waals surface area contributed by atoms with E-state index in [0.29, 0.717) is 12.2 Å². The van der Waals surface area contributed by atoms with Crippen molar-refractivity contribution in [2.45, 2.75) is 20.2 Å². The maximum absolute atomic E-state index is 12.5. The van der Waals surface area contributed by atoms with E-state index in [9.17, 15) is 4.79 Å². The SMILES string of the molecule is Cc1ccccc1OCn1ccc(C(=O)N(C)Cc2ccn(C)n2)n1. The normalized spacial score (nSPS) is 10.7. The molecule has 0 spiro atoms. The average molecular weight is 339 g/mol. The number of aryl methyl sites for hydroxylation is 2. The van der Waals surface area contributed by atoms with Gasteiger partial charge in [0.2, 0.25) is 0 Å². The molecule has 0 aliphatic carbocycles. The molecular weight excluding hydrogens is 318 g/mol. The topological polar surface area (TPSA) is 65.2 Å². The fourth-order valence-corrected chi connectivity index (χ4v) is 2.46. The molecule has 0 fully saturated rings. The highest BCUT2D eigenvalue weighted by atomic mass is 16.5. The molecule has 0 aliphatic heterocycles. The number of para-hydroxylation sites is 1. The van der Waals surface area contributed by atoms with Crippen molar-refractivity contribution in [2.24, 2.45) is 7.05 Å². The van der Waals surface area contributed by atoms with Gasteiger partial charge in [0.1, 0.15) is 5.75 Å². The lowest BCUT2D eigenvalue weighted by molar-refractivity contribution is 0.0775. The molecule has 0 unspecified atom stereocenters. The van der Waals surface area contributed by atoms with Gasteiger partial charge in [-0.2, -0.15) is 10.2 Å². The Bertz CT molecular complexity index is 868. The lowest BCUT2D eigenvalue weighted by Gasteiger charge is -2.14. The Morgan fingerprint density at radius 2 is 1.96 bits per heavy atom. The van der Waals surface area contributed by atoms with E-state index in [0.717, 1.165) is 17.0 Å². The summed E-state index contributed by atoms with van der Waals surface area (Å²) in [5, 5.41) is 8.58. The van der Waals surface area contributed by atoms with E-state index in [2.05, 4.69) is 10.2 Å². The Labute approximate surface area is 146 Å². The lowest BCUT2D eigenvalue weighted by atomic mass is 10.2. The molecular formula is C18H21N5O2. The van der Waals surface area contributed by atoms with Crippen molar-refractivity contribution in [3.8, 4) is 5.75 Å². The highest BCUT2D eigenvalue weighted by molar-refractivity contribution is 5.91. The lowest BCUT2D eigenvalue weighted by Crippen LogP contribution is -2.27. The molecule has 7 heteroatoms. The zero-order valence-corrected chi connectivity index (χ0v) is 14.6. The van der Waals surface area contributed by atoms with E-state index < -0.39 is 0 Å². The van der Waals surface area contributed by atoms with Crippen LogP contribution in [0.15, 0.2) is 48.8 Å². The summed E-state index contributed by atoms with van der Waals surface area (Å²) < 4.78 is 9.06. The average Bonchev–Trinajstić information content (AvgIpc) is 3.22. The third-order valence-corrected chi connectivity index (χ3v) is 3.82. The zero-order valence-electron chi connectivity index (χ0n) is 14.6. The molecule has 1 amide bonds. The molecule has 0 N–H and O–H groups in total. The smallest absolute Gasteiger partial charge is 0.274 e. The first-order valence-electron chi connectivity index (χ1n) is 7.99. The van der Waals surface area contributed by atoms with Gasteiger partial charge in [-0.25, -0.2) is 4.68 Å². The van der Waals surface area contributed by atoms with Crippen molar-refractivity contribution in [2.75, 3.05) is 7.05 Å². The highest BCUT2D eigenvalue weighted by Crippen LogP contribution is 2.16. The Balaban J connectivity index is 1.60. The van der Waals surface area contributed by atoms with Gasteiger partial charge in [-0.3, -0.25) is 9.48 Å². The third kappa shape index (κ3) is 4.06. The standard InChI is InChI=1S/C18H21N5O2/c1-14-6-4-5-7-17(14)25-13-23-11-9-16(20-23)18(24)21(2)12-15-8-10-22(3)19-15/h4-11H,12-13H2,1-3H3. The number of hydrogen-bond donors (Lipinski definition) is 0. The fraction of sp³-hybridized carbons (Fsp3) is 0.278. The number of hydrogen-bond acceptors (Lipinski definition) is 4. The summed E-state index contributed by atoms with van der Waals surface area (Å²) in [6, 6.07) is 11.4. The molecule has 0 atom stereocenters. The number of rotatable bonds is 6. The summed E-state index contributed by atoms with van der Waals surface area (Å²) in [5.41, 5.74) is 2.27. The van der Waals surface area contributed by atoms with Crippen LogP contribution in [0.1, 0.15) is 21.7 Å². The first-order chi connectivity index (χ1) is 12.0. The van der Waals surface area contributed by atoms with Gasteiger partial charge in [-0.05, 0) is 30.7 Å². The summed E-state index contributed by atoms with van der Waals surface area (Å²) in [5.74, 6) is 0.651. The summed E-state index contributed by atoms with van der Waals surface area (Å²) in [7, 11) is 3.58. The van der Waals surface area contributed by atoms with Crippen molar-refractivity contribution >= 4 is 5.91 Å². The van der Waals surface area contributed by atoms with Crippen LogP contribution >= 0.6 is 0 Å². The van der Waals surface area contributed by atoms with Crippen LogP contribution < -0.4 is 4.74 Å². The van der Waals surface area contributed by atoms with Gasteiger partial charge in [0, 0.05) is 26.5 Å². The molecule has 1 aromatic carbocycles. The molecule has 0 saturated carbocycles. The van der Waals surface area contributed by atoms with Gasteiger partial charge in [0.25, 0.3) is 5.91 Å². The number of ether oxygens (including phenoxy) is 1. The quantitative estimate of drug-likeness (QED) is 0.691. The molecule has 0 radical (unpaired) electrons. The van der Waals surface area contributed by atoms with Gasteiger partial charge in [0.15, 0.2) is 12.4 Å². The monoisotopic (exact) mass is 339 g/mol. The molecule has 7 nitrogen and oxygen atoms in total. The van der Waals surface area contributed by atoms with Crippen molar-refractivity contribution in [3.63, 3.8) is 0 Å². The van der Waals surface area contributed by atoms with E-state index in [4.69, 9.17) is 4.74 Å². The van der Waals surface area contributed by atoms with Crippen LogP contribution in [0.25, 0.3) is 0 Å². The second kappa shape index (κ2) is 7.21. The third-order valence-electron chi connectivity index (χ3n) is 3.82. The van der Waals surface area contributed by atoms with Crippen LogP contribution in [0.4, 0.5) is 0 Å². The highest BCUT2D eigenvalue weighted by Gasteiger charge is 2.16. The number of benzene rings is 1. The van der Waals surface area contributed by atoms with E-state index in [1.54, 1.807) is 33.6 Å². The molecule has 130 valence electrons. The molecule has 25 heavy (non-hydrogen) atoms. The van der Waals surface area contributed by atoms with E-state index in [-0.39, 0.29) is 12.6 Å². The molecule has 2 aromatic heterocycles. The number of amides is 1. The van der Waals surface area contributed by atoms with E-state index >= 15 is 0 Å². The molecule has 2 heterocycles. The second-order valence-corrected chi connectivity index (χ2v) is 5.92. The largest absolute Gasteiger partial charge is 0.471 e. The molecule has 0 aliphatic rings. The summed E-state index contributed by atoms with van der Waals surface area (Å²) in [6.45, 7) is 2.67. The minimum atomic E-state index is -0.153. The maximum atomic E-state index is 12.5. The minimum Gasteiger partial charge on any atom is -0.471 e. The molecule has 3 rings (SSSR count). The second-order valence-electron chi connectivity index (χ2n) is 5.92. The van der Waals surface area contributed by atoms with Crippen LogP contribution in [0.3, 0.4) is 0 Å². The van der Waals surface area contributed by atoms with Crippen molar-refractivity contribution in [1.29, 1.82) is 0 Å². The Morgan fingerprint density at radius 3 is 2.68 bits per heavy atom. The maximum Gasteiger partial charge on any atom is 0.274 e. The fourth-order valence-electron chi connectivity index (χ4n) is 2.46. The molecule has 0 saturated heterocycles. The van der Waals surface area contributed by atoms with Crippen LogP contribution in [0.2, 0.25) is 0 Å². The number of carbonyl (C=O) groups is 1. The van der Waals surface area contributed by atoms with Crippen molar-refractivity contribution in [3.05, 3.63) is 65.7 Å². The van der Waals surface area contributed by atoms with Crippen molar-refractivity contribution < 1.29 is 9.53 Å². The Kier molecular flexibility index (Phi) is 4.83. The Morgan fingerprint density at radius 1 is 1.16 bits per heavy atom. The van der Waals surface area contributed by atoms with E-state index in [1.165, 1.54) is 0 Å². The minimum absolute atomic E-state index is 0.153. The van der Waals surface area contributed by atoms with Crippen LogP contribution in [-0.2, 0) is 20.3 Å². The van der Waals surface area contributed by atoms with Gasteiger partial charge >= 0.3 is 0 Å². The summed E-state index contributed by atoms with van der Waals surface area (Å²) in [6.07, 6.45) is 3.59. The Hall–Kier alpha value is -3.09. The van der Waals surface area contributed by atoms with Gasteiger partial charge in [-0.15, -0.1) is 0 Å². The van der Waals surface area contributed by atoms with Crippen LogP contribution in [-0.4, -0.2) is 37.4 Å². The van der Waals surface area contributed by atoms with E-state index in [1.807, 2.05) is 50.5 Å². The van der Waals surface area contributed by atoms with Gasteiger partial charge in [-0.1, -0.05) is 18.2 Å². The number of nitrogens with zero attached hydrogens (tertiary/aromatic N) is 5. The van der Waals surface area contributed by atoms with Crippen molar-refractivity contribution in [1.82, 2.24) is 24.5 Å². The van der Waals surface area contributed by atoms with Crippen LogP contribution in [0.5, 0.6) is 5.75 Å². The predicted octanol–water partition coefficient (Wildman–Crippen LogP) is 2.23. The predicted molar refractivity (Wildman–Crippen MR) is 93.0 cm³/mol.